The first kappa shape index (κ1) is 16.3. The monoisotopic (exact) mass is 316 g/mol. The zero-order valence-electron chi connectivity index (χ0n) is 14.7. The van der Waals surface area contributed by atoms with Gasteiger partial charge in [-0.15, -0.1) is 0 Å². The molecule has 0 spiro atoms. The van der Waals surface area contributed by atoms with E-state index in [2.05, 4.69) is 31.0 Å². The summed E-state index contributed by atoms with van der Waals surface area (Å²) >= 11 is 0. The number of carbonyl (C=O) groups is 1. The molecule has 0 bridgehead atoms. The first-order chi connectivity index (χ1) is 10.9. The number of rotatable bonds is 3. The number of piperidine rings is 1. The number of nitrogens with zero attached hydrogens (tertiary/aromatic N) is 1. The Balaban J connectivity index is 1.78. The number of nitrogens with one attached hydrogen (secondary N) is 1. The van der Waals surface area contributed by atoms with E-state index < -0.39 is 0 Å². The highest BCUT2D eigenvalue weighted by molar-refractivity contribution is 6.01. The lowest BCUT2D eigenvalue weighted by atomic mass is 9.96. The first-order valence-corrected chi connectivity index (χ1v) is 8.74. The molecule has 1 saturated heterocycles. The van der Waals surface area contributed by atoms with Crippen LogP contribution < -0.4 is 10.1 Å². The summed E-state index contributed by atoms with van der Waals surface area (Å²) in [6, 6.07) is 6.18. The van der Waals surface area contributed by atoms with Gasteiger partial charge in [-0.05, 0) is 65.3 Å². The fourth-order valence-corrected chi connectivity index (χ4v) is 3.64. The van der Waals surface area contributed by atoms with Gasteiger partial charge < -0.3 is 10.1 Å². The minimum absolute atomic E-state index is 0.0655. The molecule has 1 N–H and O–H groups in total. The van der Waals surface area contributed by atoms with E-state index in [1.54, 1.807) is 0 Å². The summed E-state index contributed by atoms with van der Waals surface area (Å²) in [7, 11) is 0. The zero-order valence-corrected chi connectivity index (χ0v) is 14.7. The Kier molecular flexibility index (Phi) is 4.37. The summed E-state index contributed by atoms with van der Waals surface area (Å²) in [6.07, 6.45) is 3.65. The molecule has 2 aliphatic heterocycles. The molecule has 1 aromatic carbocycles. The van der Waals surface area contributed by atoms with E-state index in [0.29, 0.717) is 6.04 Å². The van der Waals surface area contributed by atoms with Crippen LogP contribution in [0.25, 0.3) is 0 Å². The molecule has 0 saturated carbocycles. The molecular weight excluding hydrogens is 288 g/mol. The van der Waals surface area contributed by atoms with E-state index in [4.69, 9.17) is 4.74 Å². The molecule has 23 heavy (non-hydrogen) atoms. The summed E-state index contributed by atoms with van der Waals surface area (Å²) in [5, 5.41) is 3.38. The maximum absolute atomic E-state index is 12.9. The van der Waals surface area contributed by atoms with Gasteiger partial charge in [0.25, 0.3) is 0 Å². The molecule has 2 aliphatic rings. The second-order valence-electron chi connectivity index (χ2n) is 7.55. The third-order valence-electron chi connectivity index (χ3n) is 5.09. The molecule has 2 atom stereocenters. The molecule has 1 fully saturated rings. The number of likely N-dealkylation sites (tertiary alicyclic amines) is 1. The van der Waals surface area contributed by atoms with E-state index in [0.717, 1.165) is 30.1 Å². The average Bonchev–Trinajstić information content (AvgIpc) is 2.53. The largest absolute Gasteiger partial charge is 0.484 e. The fraction of sp³-hybridized carbons (Fsp3) is 0.632. The van der Waals surface area contributed by atoms with Crippen LogP contribution in [-0.2, 0) is 0 Å². The van der Waals surface area contributed by atoms with Gasteiger partial charge in [-0.3, -0.25) is 9.69 Å². The van der Waals surface area contributed by atoms with Crippen LogP contribution >= 0.6 is 0 Å². The predicted octanol–water partition coefficient (Wildman–Crippen LogP) is 3.72. The standard InChI is InChI=1S/C19H28N2O2/c1-13-7-5-6-10-21(13)14(2)18(22)15-8-9-17-16(11-15)20-12-19(3,4)23-17/h8-9,11,13-14,20H,5-7,10,12H2,1-4H3. The molecule has 3 rings (SSSR count). The van der Waals surface area contributed by atoms with Crippen molar-refractivity contribution in [2.24, 2.45) is 0 Å². The van der Waals surface area contributed by atoms with Crippen LogP contribution in [0.4, 0.5) is 5.69 Å². The van der Waals surface area contributed by atoms with Crippen LogP contribution in [0.15, 0.2) is 18.2 Å². The molecule has 1 aromatic rings. The number of carbonyl (C=O) groups excluding carboxylic acids is 1. The minimum atomic E-state index is -0.213. The van der Waals surface area contributed by atoms with Crippen molar-refractivity contribution in [2.45, 2.75) is 64.6 Å². The Labute approximate surface area is 139 Å². The van der Waals surface area contributed by atoms with Gasteiger partial charge in [0.2, 0.25) is 0 Å². The topological polar surface area (TPSA) is 41.6 Å². The Morgan fingerprint density at radius 3 is 2.91 bits per heavy atom. The van der Waals surface area contributed by atoms with E-state index >= 15 is 0 Å². The molecular formula is C19H28N2O2. The van der Waals surface area contributed by atoms with Crippen LogP contribution in [0.5, 0.6) is 5.75 Å². The van der Waals surface area contributed by atoms with Crippen molar-refractivity contribution in [3.8, 4) is 5.75 Å². The maximum atomic E-state index is 12.9. The van der Waals surface area contributed by atoms with Crippen LogP contribution in [0.2, 0.25) is 0 Å². The van der Waals surface area contributed by atoms with Crippen LogP contribution in [-0.4, -0.2) is 41.5 Å². The Bertz CT molecular complexity index is 597. The molecule has 4 nitrogen and oxygen atoms in total. The third kappa shape index (κ3) is 3.37. The SMILES string of the molecule is CC1CCCCN1C(C)C(=O)c1ccc2c(c1)NCC(C)(C)O2. The van der Waals surface area contributed by atoms with Gasteiger partial charge in [0.15, 0.2) is 5.78 Å². The molecule has 0 aromatic heterocycles. The van der Waals surface area contributed by atoms with Crippen LogP contribution in [0.1, 0.15) is 57.3 Å². The first-order valence-electron chi connectivity index (χ1n) is 8.74. The normalized spacial score (nSPS) is 25.0. The van der Waals surface area contributed by atoms with E-state index in [1.165, 1.54) is 19.3 Å². The molecule has 0 aliphatic carbocycles. The maximum Gasteiger partial charge on any atom is 0.179 e. The van der Waals surface area contributed by atoms with E-state index in [1.807, 2.05) is 25.1 Å². The van der Waals surface area contributed by atoms with Gasteiger partial charge in [-0.25, -0.2) is 0 Å². The van der Waals surface area contributed by atoms with Crippen molar-refractivity contribution >= 4 is 11.5 Å². The number of hydrogen-bond donors (Lipinski definition) is 1. The lowest BCUT2D eigenvalue weighted by Crippen LogP contribution is -2.47. The summed E-state index contributed by atoms with van der Waals surface area (Å²) in [4.78, 5) is 15.2. The molecule has 0 amide bonds. The van der Waals surface area contributed by atoms with Crippen molar-refractivity contribution < 1.29 is 9.53 Å². The minimum Gasteiger partial charge on any atom is -0.484 e. The Morgan fingerprint density at radius 1 is 1.39 bits per heavy atom. The number of ketones is 1. The van der Waals surface area contributed by atoms with Crippen molar-refractivity contribution in [3.05, 3.63) is 23.8 Å². The fourth-order valence-electron chi connectivity index (χ4n) is 3.64. The summed E-state index contributed by atoms with van der Waals surface area (Å²) in [5.74, 6) is 1.03. The van der Waals surface area contributed by atoms with Crippen LogP contribution in [0, 0.1) is 0 Å². The average molecular weight is 316 g/mol. The summed E-state index contributed by atoms with van der Waals surface area (Å²) in [5.41, 5.74) is 1.48. The van der Waals surface area contributed by atoms with Gasteiger partial charge in [-0.1, -0.05) is 6.42 Å². The highest BCUT2D eigenvalue weighted by Crippen LogP contribution is 2.34. The van der Waals surface area contributed by atoms with Gasteiger partial charge >= 0.3 is 0 Å². The number of benzene rings is 1. The van der Waals surface area contributed by atoms with Crippen molar-refractivity contribution in [1.29, 1.82) is 0 Å². The smallest absolute Gasteiger partial charge is 0.179 e. The highest BCUT2D eigenvalue weighted by atomic mass is 16.5. The van der Waals surface area contributed by atoms with Crippen molar-refractivity contribution in [1.82, 2.24) is 4.90 Å². The molecule has 2 heterocycles. The number of hydrogen-bond acceptors (Lipinski definition) is 4. The lowest BCUT2D eigenvalue weighted by molar-refractivity contribution is 0.0701. The Morgan fingerprint density at radius 2 is 2.17 bits per heavy atom. The number of Topliss-reactive ketones (excluding diaryl/α,β-unsaturated/α-hetero) is 1. The Hall–Kier alpha value is -1.55. The van der Waals surface area contributed by atoms with Gasteiger partial charge in [0.05, 0.1) is 18.3 Å². The third-order valence-corrected chi connectivity index (χ3v) is 5.09. The van der Waals surface area contributed by atoms with Crippen molar-refractivity contribution in [2.75, 3.05) is 18.4 Å². The second kappa shape index (κ2) is 6.16. The molecule has 4 heteroatoms. The van der Waals surface area contributed by atoms with E-state index in [-0.39, 0.29) is 17.4 Å². The van der Waals surface area contributed by atoms with Gasteiger partial charge in [0.1, 0.15) is 11.4 Å². The number of anilines is 1. The molecule has 126 valence electrons. The zero-order chi connectivity index (χ0) is 16.6. The summed E-state index contributed by atoms with van der Waals surface area (Å²) in [6.45, 7) is 10.2. The second-order valence-corrected chi connectivity index (χ2v) is 7.55. The van der Waals surface area contributed by atoms with E-state index in [9.17, 15) is 4.79 Å². The molecule has 0 radical (unpaired) electrons. The van der Waals surface area contributed by atoms with Crippen molar-refractivity contribution in [3.63, 3.8) is 0 Å². The lowest BCUT2D eigenvalue weighted by Gasteiger charge is -2.37. The summed E-state index contributed by atoms with van der Waals surface area (Å²) < 4.78 is 5.96. The molecule has 2 unspecified atom stereocenters. The quantitative estimate of drug-likeness (QED) is 0.863. The number of fused-ring (bicyclic) bond motifs is 1. The van der Waals surface area contributed by atoms with Crippen LogP contribution in [0.3, 0.4) is 0 Å². The van der Waals surface area contributed by atoms with Gasteiger partial charge in [0, 0.05) is 11.6 Å². The number of ether oxygens (including phenoxy) is 1. The van der Waals surface area contributed by atoms with Gasteiger partial charge in [-0.2, -0.15) is 0 Å². The highest BCUT2D eigenvalue weighted by Gasteiger charge is 2.30. The predicted molar refractivity (Wildman–Crippen MR) is 93.5 cm³/mol.